The van der Waals surface area contributed by atoms with E-state index >= 15 is 0 Å². The van der Waals surface area contributed by atoms with Crippen LogP contribution in [0.1, 0.15) is 31.5 Å². The predicted molar refractivity (Wildman–Crippen MR) is 176 cm³/mol. The molecule has 24 nitrogen and oxygen atoms in total. The van der Waals surface area contributed by atoms with Crippen LogP contribution >= 0.6 is 15.6 Å². The Labute approximate surface area is 296 Å². The van der Waals surface area contributed by atoms with Crippen LogP contribution in [0.25, 0.3) is 28.4 Å². The number of nitrogens with two attached hydrogens (primary N) is 1. The van der Waals surface area contributed by atoms with Crippen LogP contribution in [0.3, 0.4) is 0 Å². The summed E-state index contributed by atoms with van der Waals surface area (Å²) in [5.74, 6) is 0.0892. The van der Waals surface area contributed by atoms with Gasteiger partial charge in [-0.2, -0.15) is 9.29 Å². The van der Waals surface area contributed by atoms with Gasteiger partial charge in [-0.15, -0.1) is 0 Å². The lowest BCUT2D eigenvalue weighted by Crippen LogP contribution is -2.52. The highest BCUT2D eigenvalue weighted by Crippen LogP contribution is 2.60. The van der Waals surface area contributed by atoms with Crippen LogP contribution in [0.4, 0.5) is 5.82 Å². The smallest absolute Gasteiger partial charge is 0.388 e. The molecule has 6 rings (SSSR count). The molecule has 5 heterocycles. The van der Waals surface area contributed by atoms with Crippen molar-refractivity contribution in [1.29, 1.82) is 0 Å². The SMILES string of the molecule is CC1=Cc2c(nc3c(=O)[nH]c(=O)[nH]c3[n+]2C[C@H](O)[C@H](O)[C@H](O)COP(=O)(O)OP(=O)(O)OC[C@H]2O[C@@H](n3cnc4c(N)ncnc43)[C@H](O)[C@@H]2O)C[C@H]1C. The number of aromatic amines is 2. The van der Waals surface area contributed by atoms with Crippen LogP contribution in [0.15, 0.2) is 27.8 Å². The van der Waals surface area contributed by atoms with Crippen LogP contribution in [0, 0.1) is 5.92 Å². The van der Waals surface area contributed by atoms with Gasteiger partial charge in [-0.3, -0.25) is 23.4 Å². The fourth-order valence-electron chi connectivity index (χ4n) is 5.86. The number of rotatable bonds is 13. The Hall–Kier alpha value is -3.87. The molecule has 10 atom stereocenters. The number of hydrogen-bond acceptors (Lipinski definition) is 18. The number of nitrogens with one attached hydrogen (secondary N) is 2. The van der Waals surface area contributed by atoms with Crippen molar-refractivity contribution in [2.24, 2.45) is 5.92 Å². The van der Waals surface area contributed by atoms with E-state index in [0.29, 0.717) is 17.8 Å². The summed E-state index contributed by atoms with van der Waals surface area (Å²) in [7, 11) is -11.0. The molecule has 288 valence electrons. The van der Waals surface area contributed by atoms with E-state index in [1.54, 1.807) is 6.08 Å². The number of phosphoric acid groups is 2. The maximum atomic E-state index is 12.5. The minimum Gasteiger partial charge on any atom is -0.388 e. The molecule has 4 aromatic heterocycles. The number of phosphoric ester groups is 2. The van der Waals surface area contributed by atoms with Gasteiger partial charge in [0.05, 0.1) is 25.2 Å². The first kappa shape index (κ1) is 38.8. The zero-order valence-corrected chi connectivity index (χ0v) is 29.5. The lowest BCUT2D eigenvalue weighted by atomic mass is 9.90. The molecule has 1 aliphatic carbocycles. The van der Waals surface area contributed by atoms with Crippen molar-refractivity contribution in [2.45, 2.75) is 69.7 Å². The molecule has 1 fully saturated rings. The molecule has 0 radical (unpaired) electrons. The van der Waals surface area contributed by atoms with Crippen molar-refractivity contribution in [2.75, 3.05) is 18.9 Å². The molecule has 0 amide bonds. The summed E-state index contributed by atoms with van der Waals surface area (Å²) in [4.78, 5) is 65.6. The third kappa shape index (κ3) is 8.00. The van der Waals surface area contributed by atoms with Crippen LogP contribution in [0.5, 0.6) is 0 Å². The Morgan fingerprint density at radius 2 is 1.77 bits per heavy atom. The van der Waals surface area contributed by atoms with E-state index < -0.39 is 89.5 Å². The summed E-state index contributed by atoms with van der Waals surface area (Å²) in [6.07, 6.45) is -7.67. The fourth-order valence-corrected chi connectivity index (χ4v) is 7.96. The average molecular weight is 789 g/mol. The second kappa shape index (κ2) is 14.8. The second-order valence-corrected chi connectivity index (χ2v) is 15.6. The van der Waals surface area contributed by atoms with Gasteiger partial charge in [0.15, 0.2) is 17.7 Å². The maximum Gasteiger partial charge on any atom is 0.481 e. The summed E-state index contributed by atoms with van der Waals surface area (Å²) >= 11 is 0. The molecule has 4 aromatic rings. The van der Waals surface area contributed by atoms with Crippen molar-refractivity contribution in [3.8, 4) is 0 Å². The van der Waals surface area contributed by atoms with E-state index in [1.165, 1.54) is 15.5 Å². The maximum absolute atomic E-state index is 12.5. The van der Waals surface area contributed by atoms with Crippen LogP contribution in [-0.4, -0.2) is 120 Å². The molecule has 0 aromatic carbocycles. The quantitative estimate of drug-likeness (QED) is 0.0473. The van der Waals surface area contributed by atoms with Gasteiger partial charge in [-0.05, 0) is 18.9 Å². The topological polar surface area (TPSA) is 365 Å². The number of anilines is 1. The summed E-state index contributed by atoms with van der Waals surface area (Å²) in [6.45, 7) is 1.10. The molecule has 53 heavy (non-hydrogen) atoms. The van der Waals surface area contributed by atoms with Gasteiger partial charge < -0.3 is 45.8 Å². The minimum atomic E-state index is -5.53. The molecular formula is C27H36N9O15P2+. The number of H-pyrrole nitrogens is 2. The lowest BCUT2D eigenvalue weighted by Gasteiger charge is -2.25. The van der Waals surface area contributed by atoms with E-state index in [1.807, 2.05) is 13.8 Å². The Morgan fingerprint density at radius 3 is 2.51 bits per heavy atom. The van der Waals surface area contributed by atoms with E-state index in [0.717, 1.165) is 11.9 Å². The van der Waals surface area contributed by atoms with Gasteiger partial charge in [-0.1, -0.05) is 12.5 Å². The number of nitrogen functional groups attached to an aromatic ring is 1. The standard InChI is InChI=1S/C27H35N9O15P2/c1-10-3-12-13(4-11(10)2)35(24-18(32-12)25(42)34-27(43)33-24)5-14(37)19(39)15(38)6-48-52(44,45)51-53(46,47)49-7-16-20(40)21(41)26(50-16)36-9-31-17-22(28)29-8-30-23(17)36/h4,8-10,14-16,19-21,26,37-41H,3,5-7H2,1-2H3,(H5,28,29,30,34,42,43,44,45,46,47)/p+1/t10-,14+,15-,16-,19+,20-,21-,26-/m1/s1. The molecule has 0 bridgehead atoms. The van der Waals surface area contributed by atoms with E-state index in [4.69, 9.17) is 15.0 Å². The number of imidazole rings is 1. The zero-order valence-electron chi connectivity index (χ0n) is 27.7. The van der Waals surface area contributed by atoms with E-state index in [2.05, 4.69) is 38.7 Å². The fraction of sp³-hybridized carbons (Fsp3) is 0.519. The number of nitrogens with zero attached hydrogens (tertiary/aromatic N) is 6. The number of fused-ring (bicyclic) bond motifs is 3. The summed E-state index contributed by atoms with van der Waals surface area (Å²) in [6, 6.07) is 0. The number of aliphatic hydroxyl groups is 5. The molecule has 2 unspecified atom stereocenters. The molecule has 0 spiro atoms. The first-order valence-electron chi connectivity index (χ1n) is 15.8. The predicted octanol–water partition coefficient (Wildman–Crippen LogP) is -3.13. The van der Waals surface area contributed by atoms with Crippen molar-refractivity contribution in [1.82, 2.24) is 34.5 Å². The number of ether oxygens (including phenoxy) is 1. The van der Waals surface area contributed by atoms with Crippen LogP contribution in [-0.2, 0) is 40.2 Å². The molecule has 1 aliphatic heterocycles. The molecule has 11 N–H and O–H groups in total. The largest absolute Gasteiger partial charge is 0.481 e. The Morgan fingerprint density at radius 1 is 1.06 bits per heavy atom. The zero-order chi connectivity index (χ0) is 38.6. The van der Waals surface area contributed by atoms with Gasteiger partial charge in [-0.25, -0.2) is 38.4 Å². The number of aromatic nitrogens is 8. The lowest BCUT2D eigenvalue weighted by molar-refractivity contribution is -0.684. The van der Waals surface area contributed by atoms with Crippen molar-refractivity contribution in [3.05, 3.63) is 50.5 Å². The molecule has 0 saturated carbocycles. The summed E-state index contributed by atoms with van der Waals surface area (Å²) < 4.78 is 46.7. The molecule has 26 heteroatoms. The average Bonchev–Trinajstić information content (AvgIpc) is 3.63. The minimum absolute atomic E-state index is 0.0321. The normalized spacial score (nSPS) is 25.8. The van der Waals surface area contributed by atoms with Gasteiger partial charge in [0.2, 0.25) is 5.52 Å². The number of hydrogen-bond donors (Lipinski definition) is 10. The van der Waals surface area contributed by atoms with Crippen LogP contribution in [0.2, 0.25) is 0 Å². The van der Waals surface area contributed by atoms with Crippen LogP contribution < -0.4 is 21.5 Å². The van der Waals surface area contributed by atoms with E-state index in [-0.39, 0.29) is 34.1 Å². The van der Waals surface area contributed by atoms with Crippen molar-refractivity contribution >= 4 is 49.9 Å². The Balaban J connectivity index is 1.07. The summed E-state index contributed by atoms with van der Waals surface area (Å²) in [5.41, 5.74) is 5.97. The van der Waals surface area contributed by atoms with Crippen molar-refractivity contribution in [3.63, 3.8) is 0 Å². The van der Waals surface area contributed by atoms with Gasteiger partial charge in [0.1, 0.15) is 60.7 Å². The number of allylic oxidation sites excluding steroid dienone is 1. The van der Waals surface area contributed by atoms with Crippen molar-refractivity contribution < 1.29 is 67.1 Å². The summed E-state index contributed by atoms with van der Waals surface area (Å²) in [5, 5.41) is 53.1. The highest BCUT2D eigenvalue weighted by atomic mass is 31.3. The Kier molecular flexibility index (Phi) is 10.8. The monoisotopic (exact) mass is 788 g/mol. The molecule has 2 aliphatic rings. The third-order valence-corrected chi connectivity index (χ3v) is 11.4. The molecular weight excluding hydrogens is 752 g/mol. The number of aliphatic hydroxyl groups excluding tert-OH is 5. The third-order valence-electron chi connectivity index (χ3n) is 8.82. The Bertz CT molecular complexity index is 2280. The highest BCUT2D eigenvalue weighted by Gasteiger charge is 2.46. The molecule has 1 saturated heterocycles. The second-order valence-electron chi connectivity index (χ2n) is 12.5. The van der Waals surface area contributed by atoms with Gasteiger partial charge in [0.25, 0.3) is 5.56 Å². The highest BCUT2D eigenvalue weighted by molar-refractivity contribution is 7.61. The van der Waals surface area contributed by atoms with Gasteiger partial charge >= 0.3 is 27.0 Å². The van der Waals surface area contributed by atoms with Gasteiger partial charge in [0, 0.05) is 6.42 Å². The van der Waals surface area contributed by atoms with E-state index in [9.17, 15) is 54.0 Å². The first-order chi connectivity index (χ1) is 24.9. The first-order valence-corrected chi connectivity index (χ1v) is 18.8.